The van der Waals surface area contributed by atoms with Crippen LogP contribution in [-0.2, 0) is 0 Å². The van der Waals surface area contributed by atoms with Crippen LogP contribution in [0.4, 0.5) is 10.1 Å². The van der Waals surface area contributed by atoms with E-state index in [9.17, 15) is 4.39 Å². The summed E-state index contributed by atoms with van der Waals surface area (Å²) in [5.41, 5.74) is 6.00. The van der Waals surface area contributed by atoms with E-state index in [0.29, 0.717) is 0 Å². The third-order valence-corrected chi connectivity index (χ3v) is 2.81. The average Bonchev–Trinajstić information content (AvgIpc) is 2.19. The van der Waals surface area contributed by atoms with Gasteiger partial charge in [0.25, 0.3) is 0 Å². The van der Waals surface area contributed by atoms with Crippen LogP contribution in [0.2, 0.25) is 15.3 Å². The molecule has 0 fully saturated rings. The molecule has 1 aromatic heterocycles. The molecule has 7 heteroatoms. The Kier molecular flexibility index (Phi) is 2.58. The molecule has 1 aromatic carbocycles. The van der Waals surface area contributed by atoms with Crippen molar-refractivity contribution in [3.63, 3.8) is 0 Å². The SMILES string of the molecule is Nc1c(Cl)c(F)cc2nc(Cl)c(Cl)nc12. The average molecular weight is 266 g/mol. The molecule has 0 aliphatic heterocycles. The molecule has 0 atom stereocenters. The number of nitrogens with two attached hydrogens (primary N) is 1. The predicted octanol–water partition coefficient (Wildman–Crippen LogP) is 3.31. The monoisotopic (exact) mass is 265 g/mol. The highest BCUT2D eigenvalue weighted by atomic mass is 35.5. The van der Waals surface area contributed by atoms with Crippen LogP contribution in [0.25, 0.3) is 11.0 Å². The van der Waals surface area contributed by atoms with Crippen LogP contribution >= 0.6 is 34.8 Å². The standard InChI is InChI=1S/C8H3Cl3FN3/c9-4-2(12)1-3-6(5(4)13)15-8(11)7(10)14-3/h1H,13H2. The van der Waals surface area contributed by atoms with Gasteiger partial charge in [-0.25, -0.2) is 14.4 Å². The van der Waals surface area contributed by atoms with Gasteiger partial charge in [0.05, 0.1) is 11.2 Å². The Morgan fingerprint density at radius 3 is 2.40 bits per heavy atom. The summed E-state index contributed by atoms with van der Waals surface area (Å²) in [6, 6.07) is 1.10. The summed E-state index contributed by atoms with van der Waals surface area (Å²) in [5.74, 6) is -0.672. The molecule has 0 saturated heterocycles. The zero-order valence-electron chi connectivity index (χ0n) is 7.06. The first-order valence-electron chi connectivity index (χ1n) is 3.77. The highest BCUT2D eigenvalue weighted by Crippen LogP contribution is 2.31. The van der Waals surface area contributed by atoms with Crippen LogP contribution in [0.15, 0.2) is 6.07 Å². The fraction of sp³-hybridized carbons (Fsp3) is 0. The summed E-state index contributed by atoms with van der Waals surface area (Å²) in [5, 5.41) is -0.209. The summed E-state index contributed by atoms with van der Waals surface area (Å²) < 4.78 is 13.2. The molecule has 0 radical (unpaired) electrons. The lowest BCUT2D eigenvalue weighted by Crippen LogP contribution is -1.96. The van der Waals surface area contributed by atoms with Crippen molar-refractivity contribution in [1.82, 2.24) is 9.97 Å². The third kappa shape index (κ3) is 1.69. The lowest BCUT2D eigenvalue weighted by Gasteiger charge is -2.05. The number of halogens is 4. The number of fused-ring (bicyclic) bond motifs is 1. The van der Waals surface area contributed by atoms with Crippen LogP contribution in [-0.4, -0.2) is 9.97 Å². The van der Waals surface area contributed by atoms with Gasteiger partial charge in [0.1, 0.15) is 16.4 Å². The number of hydrogen-bond acceptors (Lipinski definition) is 3. The molecule has 0 aliphatic carbocycles. The van der Waals surface area contributed by atoms with E-state index in [2.05, 4.69) is 9.97 Å². The molecule has 0 bridgehead atoms. The number of anilines is 1. The van der Waals surface area contributed by atoms with Gasteiger partial charge >= 0.3 is 0 Å². The van der Waals surface area contributed by atoms with Crippen molar-refractivity contribution in [1.29, 1.82) is 0 Å². The second-order valence-electron chi connectivity index (χ2n) is 2.76. The Hall–Kier alpha value is -0.840. The van der Waals surface area contributed by atoms with Gasteiger partial charge in [-0.3, -0.25) is 0 Å². The first-order valence-corrected chi connectivity index (χ1v) is 4.90. The molecule has 2 N–H and O–H groups in total. The summed E-state index contributed by atoms with van der Waals surface area (Å²) in [4.78, 5) is 7.70. The highest BCUT2D eigenvalue weighted by Gasteiger charge is 2.13. The largest absolute Gasteiger partial charge is 0.396 e. The zero-order chi connectivity index (χ0) is 11.2. The van der Waals surface area contributed by atoms with Crippen LogP contribution < -0.4 is 5.73 Å². The minimum absolute atomic E-state index is 0.00135. The lowest BCUT2D eigenvalue weighted by atomic mass is 10.2. The Bertz CT molecular complexity index is 553. The molecule has 3 nitrogen and oxygen atoms in total. The van der Waals surface area contributed by atoms with Crippen molar-refractivity contribution in [3.05, 3.63) is 27.2 Å². The first kappa shape index (κ1) is 10.7. The van der Waals surface area contributed by atoms with Gasteiger partial charge in [-0.1, -0.05) is 34.8 Å². The van der Waals surface area contributed by atoms with Crippen LogP contribution in [0.3, 0.4) is 0 Å². The van der Waals surface area contributed by atoms with E-state index >= 15 is 0 Å². The number of benzene rings is 1. The fourth-order valence-electron chi connectivity index (χ4n) is 1.12. The molecule has 0 saturated carbocycles. The van der Waals surface area contributed by atoms with Gasteiger partial charge in [0, 0.05) is 6.07 Å². The van der Waals surface area contributed by atoms with Crippen molar-refractivity contribution < 1.29 is 4.39 Å². The molecule has 15 heavy (non-hydrogen) atoms. The van der Waals surface area contributed by atoms with E-state index in [0.717, 1.165) is 6.07 Å². The molecule has 0 amide bonds. The van der Waals surface area contributed by atoms with Gasteiger partial charge < -0.3 is 5.73 Å². The van der Waals surface area contributed by atoms with E-state index in [4.69, 9.17) is 40.5 Å². The predicted molar refractivity (Wildman–Crippen MR) is 58.9 cm³/mol. The summed E-state index contributed by atoms with van der Waals surface area (Å²) in [7, 11) is 0. The van der Waals surface area contributed by atoms with E-state index < -0.39 is 5.82 Å². The molecule has 78 valence electrons. The Morgan fingerprint density at radius 1 is 1.13 bits per heavy atom. The zero-order valence-corrected chi connectivity index (χ0v) is 9.33. The molecule has 0 aliphatic rings. The molecule has 2 aromatic rings. The maximum atomic E-state index is 13.2. The van der Waals surface area contributed by atoms with E-state index in [1.807, 2.05) is 0 Å². The van der Waals surface area contributed by atoms with Crippen molar-refractivity contribution in [2.24, 2.45) is 0 Å². The minimum Gasteiger partial charge on any atom is -0.396 e. The normalized spacial score (nSPS) is 10.9. The quantitative estimate of drug-likeness (QED) is 0.744. The maximum Gasteiger partial charge on any atom is 0.167 e. The Balaban J connectivity index is 2.93. The fourth-order valence-corrected chi connectivity index (χ4v) is 1.53. The van der Waals surface area contributed by atoms with Gasteiger partial charge in [-0.15, -0.1) is 0 Å². The number of aromatic nitrogens is 2. The number of nitrogen functional groups attached to an aromatic ring is 1. The topological polar surface area (TPSA) is 51.8 Å². The summed E-state index contributed by atoms with van der Waals surface area (Å²) in [6.45, 7) is 0. The van der Waals surface area contributed by atoms with Crippen molar-refractivity contribution in [3.8, 4) is 0 Å². The number of rotatable bonds is 0. The van der Waals surface area contributed by atoms with Crippen LogP contribution in [0.5, 0.6) is 0 Å². The minimum atomic E-state index is -0.672. The van der Waals surface area contributed by atoms with Gasteiger partial charge in [-0.05, 0) is 0 Å². The van der Waals surface area contributed by atoms with Gasteiger partial charge in [-0.2, -0.15) is 0 Å². The second kappa shape index (κ2) is 3.63. The molecular weight excluding hydrogens is 263 g/mol. The number of hydrogen-bond donors (Lipinski definition) is 1. The van der Waals surface area contributed by atoms with Crippen LogP contribution in [0.1, 0.15) is 0 Å². The molecule has 1 heterocycles. The smallest absolute Gasteiger partial charge is 0.167 e. The molecule has 2 rings (SSSR count). The lowest BCUT2D eigenvalue weighted by molar-refractivity contribution is 0.630. The van der Waals surface area contributed by atoms with Gasteiger partial charge in [0.2, 0.25) is 0 Å². The molecule has 0 spiro atoms. The van der Waals surface area contributed by atoms with E-state index in [-0.39, 0.29) is 32.0 Å². The third-order valence-electron chi connectivity index (χ3n) is 1.81. The maximum absolute atomic E-state index is 13.2. The van der Waals surface area contributed by atoms with Gasteiger partial charge in [0.15, 0.2) is 10.3 Å². The van der Waals surface area contributed by atoms with Crippen molar-refractivity contribution in [2.75, 3.05) is 5.73 Å². The number of nitrogens with zero attached hydrogens (tertiary/aromatic N) is 2. The second-order valence-corrected chi connectivity index (χ2v) is 3.85. The first-order chi connectivity index (χ1) is 7.00. The highest BCUT2D eigenvalue weighted by molar-refractivity contribution is 6.41. The van der Waals surface area contributed by atoms with E-state index in [1.54, 1.807) is 0 Å². The van der Waals surface area contributed by atoms with Crippen molar-refractivity contribution in [2.45, 2.75) is 0 Å². The molecular formula is C8H3Cl3FN3. The van der Waals surface area contributed by atoms with Crippen LogP contribution in [0, 0.1) is 5.82 Å². The summed E-state index contributed by atoms with van der Waals surface area (Å²) in [6.07, 6.45) is 0. The molecule has 0 unspecified atom stereocenters. The Labute approximate surface area is 99.0 Å². The Morgan fingerprint density at radius 2 is 1.73 bits per heavy atom. The summed E-state index contributed by atoms with van der Waals surface area (Å²) >= 11 is 16.9. The van der Waals surface area contributed by atoms with Crippen molar-refractivity contribution >= 4 is 51.5 Å². The van der Waals surface area contributed by atoms with E-state index in [1.165, 1.54) is 0 Å².